The maximum atomic E-state index is 5.18. The molecule has 0 amide bonds. The number of oxime groups is 1. The van der Waals surface area contributed by atoms with Crippen LogP contribution in [0.2, 0.25) is 0 Å². The number of aromatic nitrogens is 1. The van der Waals surface area contributed by atoms with Crippen molar-refractivity contribution in [2.24, 2.45) is 5.16 Å². The second-order valence-corrected chi connectivity index (χ2v) is 3.46. The van der Waals surface area contributed by atoms with Gasteiger partial charge in [-0.3, -0.25) is 0 Å². The van der Waals surface area contributed by atoms with Crippen molar-refractivity contribution in [3.8, 4) is 0 Å². The van der Waals surface area contributed by atoms with E-state index in [1.807, 2.05) is 26.8 Å². The Labute approximate surface area is 82.2 Å². The van der Waals surface area contributed by atoms with Crippen LogP contribution in [0.3, 0.4) is 0 Å². The molecule has 0 N–H and O–H groups in total. The van der Waals surface area contributed by atoms with Gasteiger partial charge in [-0.25, -0.2) is 0 Å². The topological polar surface area (TPSA) is 47.6 Å². The van der Waals surface area contributed by atoms with Crippen LogP contribution in [0.5, 0.6) is 0 Å². The molecule has 2 rings (SSSR count). The van der Waals surface area contributed by atoms with Gasteiger partial charge in [0, 0.05) is 5.56 Å². The van der Waals surface area contributed by atoms with Gasteiger partial charge >= 0.3 is 0 Å². The van der Waals surface area contributed by atoms with E-state index in [9.17, 15) is 0 Å². The Balaban J connectivity index is 2.41. The van der Waals surface area contributed by atoms with Crippen molar-refractivity contribution in [3.05, 3.63) is 28.7 Å². The fourth-order valence-electron chi connectivity index (χ4n) is 1.27. The van der Waals surface area contributed by atoms with Gasteiger partial charge < -0.3 is 9.36 Å². The van der Waals surface area contributed by atoms with Crippen molar-refractivity contribution < 1.29 is 9.36 Å². The summed E-state index contributed by atoms with van der Waals surface area (Å²) in [6.45, 7) is 6.41. The van der Waals surface area contributed by atoms with Gasteiger partial charge in [0.05, 0.1) is 5.69 Å². The van der Waals surface area contributed by atoms with Crippen molar-refractivity contribution in [2.75, 3.05) is 6.61 Å². The minimum absolute atomic E-state index is 0.551. The van der Waals surface area contributed by atoms with Gasteiger partial charge in [-0.05, 0) is 32.4 Å². The summed E-state index contributed by atoms with van der Waals surface area (Å²) in [5.41, 5.74) is 3.74. The van der Waals surface area contributed by atoms with Gasteiger partial charge in [-0.2, -0.15) is 0 Å². The van der Waals surface area contributed by atoms with Gasteiger partial charge in [-0.15, -0.1) is 0 Å². The van der Waals surface area contributed by atoms with Crippen LogP contribution in [0.4, 0.5) is 0 Å². The van der Waals surface area contributed by atoms with Crippen LogP contribution in [0.25, 0.3) is 0 Å². The number of hydrogen-bond donors (Lipinski definition) is 0. The first kappa shape index (κ1) is 8.99. The van der Waals surface area contributed by atoms with Crippen LogP contribution in [0, 0.1) is 13.8 Å². The highest BCUT2D eigenvalue weighted by Gasteiger charge is 2.16. The molecule has 0 aromatic carbocycles. The number of allylic oxidation sites excluding steroid dienone is 1. The lowest BCUT2D eigenvalue weighted by Crippen LogP contribution is -2.07. The molecule has 1 aromatic rings. The normalized spacial score (nSPS) is 15.9. The minimum Gasteiger partial charge on any atom is -0.391 e. The van der Waals surface area contributed by atoms with Gasteiger partial charge in [0.2, 0.25) is 0 Å². The molecule has 0 saturated heterocycles. The van der Waals surface area contributed by atoms with Crippen molar-refractivity contribution >= 4 is 5.71 Å². The van der Waals surface area contributed by atoms with E-state index >= 15 is 0 Å². The predicted molar refractivity (Wildman–Crippen MR) is 52.2 cm³/mol. The van der Waals surface area contributed by atoms with Gasteiger partial charge in [0.1, 0.15) is 12.3 Å². The Morgan fingerprint density at radius 3 is 2.64 bits per heavy atom. The van der Waals surface area contributed by atoms with Crippen LogP contribution in [0.1, 0.15) is 23.9 Å². The Hall–Kier alpha value is -1.58. The molecule has 0 spiro atoms. The molecule has 0 saturated carbocycles. The maximum Gasteiger partial charge on any atom is 0.191 e. The first-order valence-corrected chi connectivity index (χ1v) is 4.49. The van der Waals surface area contributed by atoms with Crippen LogP contribution >= 0.6 is 0 Å². The monoisotopic (exact) mass is 192 g/mol. The van der Waals surface area contributed by atoms with E-state index in [1.54, 1.807) is 0 Å². The Morgan fingerprint density at radius 2 is 2.07 bits per heavy atom. The van der Waals surface area contributed by atoms with E-state index in [2.05, 4.69) is 10.3 Å². The molecule has 0 aliphatic carbocycles. The summed E-state index contributed by atoms with van der Waals surface area (Å²) in [5.74, 6) is 0.696. The van der Waals surface area contributed by atoms with E-state index in [4.69, 9.17) is 9.36 Å². The first-order chi connectivity index (χ1) is 6.68. The van der Waals surface area contributed by atoms with E-state index < -0.39 is 0 Å². The Morgan fingerprint density at radius 1 is 1.29 bits per heavy atom. The average molecular weight is 192 g/mol. The van der Waals surface area contributed by atoms with Crippen molar-refractivity contribution in [2.45, 2.75) is 20.8 Å². The van der Waals surface area contributed by atoms with Crippen LogP contribution in [0.15, 0.2) is 21.3 Å². The summed E-state index contributed by atoms with van der Waals surface area (Å²) >= 11 is 0. The molecule has 2 heterocycles. The van der Waals surface area contributed by atoms with Crippen LogP contribution in [-0.2, 0) is 4.84 Å². The molecule has 14 heavy (non-hydrogen) atoms. The fraction of sp³-hybridized carbons (Fsp3) is 0.400. The minimum atomic E-state index is 0.551. The number of nitrogens with zero attached hydrogens (tertiary/aromatic N) is 2. The molecule has 1 aliphatic heterocycles. The van der Waals surface area contributed by atoms with Gasteiger partial charge in [-0.1, -0.05) is 10.3 Å². The average Bonchev–Trinajstić information content (AvgIpc) is 2.48. The molecular formula is C10H12N2O2. The fourth-order valence-corrected chi connectivity index (χ4v) is 1.27. The lowest BCUT2D eigenvalue weighted by atomic mass is 10.1. The standard InChI is InChI=1S/C10H12N2O2/c1-6-4-9(12-13-5-6)10-7(2)8(3)11-14-10/h4H,5H2,1-3H3. The van der Waals surface area contributed by atoms with Crippen LogP contribution in [-0.4, -0.2) is 17.5 Å². The van der Waals surface area contributed by atoms with Crippen LogP contribution < -0.4 is 0 Å². The number of aryl methyl sites for hydroxylation is 1. The lowest BCUT2D eigenvalue weighted by molar-refractivity contribution is 0.164. The summed E-state index contributed by atoms with van der Waals surface area (Å²) in [7, 11) is 0. The third-order valence-electron chi connectivity index (χ3n) is 2.23. The second kappa shape index (κ2) is 3.29. The zero-order valence-corrected chi connectivity index (χ0v) is 8.50. The van der Waals surface area contributed by atoms with Gasteiger partial charge in [0.15, 0.2) is 5.76 Å². The SMILES string of the molecule is CC1=CC(c2onc(C)c2C)=NOC1. The predicted octanol–water partition coefficient (Wildman–Crippen LogP) is 1.97. The molecule has 1 aliphatic rings. The molecule has 0 atom stereocenters. The summed E-state index contributed by atoms with van der Waals surface area (Å²) in [6.07, 6.45) is 1.95. The third-order valence-corrected chi connectivity index (χ3v) is 2.23. The molecular weight excluding hydrogens is 180 g/mol. The van der Waals surface area contributed by atoms with Crippen molar-refractivity contribution in [3.63, 3.8) is 0 Å². The Bertz CT molecular complexity index is 416. The highest BCUT2D eigenvalue weighted by atomic mass is 16.6. The van der Waals surface area contributed by atoms with Crippen molar-refractivity contribution in [1.29, 1.82) is 0 Å². The maximum absolute atomic E-state index is 5.18. The van der Waals surface area contributed by atoms with E-state index in [1.165, 1.54) is 0 Å². The number of rotatable bonds is 1. The summed E-state index contributed by atoms with van der Waals surface area (Å²) < 4.78 is 5.18. The summed E-state index contributed by atoms with van der Waals surface area (Å²) in [5, 5.41) is 7.81. The molecule has 0 unspecified atom stereocenters. The highest BCUT2D eigenvalue weighted by Crippen LogP contribution is 2.16. The molecule has 0 bridgehead atoms. The van der Waals surface area contributed by atoms with E-state index in [-0.39, 0.29) is 0 Å². The quantitative estimate of drug-likeness (QED) is 0.683. The highest BCUT2D eigenvalue weighted by molar-refractivity contribution is 6.08. The molecule has 0 fully saturated rings. The number of hydrogen-bond acceptors (Lipinski definition) is 4. The smallest absolute Gasteiger partial charge is 0.191 e. The Kier molecular flexibility index (Phi) is 2.11. The molecule has 4 heteroatoms. The summed E-state index contributed by atoms with van der Waals surface area (Å²) in [4.78, 5) is 5.04. The largest absolute Gasteiger partial charge is 0.391 e. The molecule has 74 valence electrons. The molecule has 1 aromatic heterocycles. The molecule has 4 nitrogen and oxygen atoms in total. The lowest BCUT2D eigenvalue weighted by Gasteiger charge is -2.07. The summed E-state index contributed by atoms with van der Waals surface area (Å²) in [6, 6.07) is 0. The zero-order chi connectivity index (χ0) is 10.1. The van der Waals surface area contributed by atoms with Crippen molar-refractivity contribution in [1.82, 2.24) is 5.16 Å². The zero-order valence-electron chi connectivity index (χ0n) is 8.50. The first-order valence-electron chi connectivity index (χ1n) is 4.49. The third kappa shape index (κ3) is 1.43. The van der Waals surface area contributed by atoms with E-state index in [0.29, 0.717) is 18.1 Å². The molecule has 0 radical (unpaired) electrons. The second-order valence-electron chi connectivity index (χ2n) is 3.46. The van der Waals surface area contributed by atoms with Gasteiger partial charge in [0.25, 0.3) is 0 Å². The van der Waals surface area contributed by atoms with E-state index in [0.717, 1.165) is 16.8 Å².